The summed E-state index contributed by atoms with van der Waals surface area (Å²) in [5, 5.41) is 16.7. The highest BCUT2D eigenvalue weighted by Gasteiger charge is 2.15. The van der Waals surface area contributed by atoms with Crippen LogP contribution in [0.4, 0.5) is 8.78 Å². The molecule has 0 saturated carbocycles. The number of hydrogen-bond donors (Lipinski definition) is 2. The van der Waals surface area contributed by atoms with E-state index in [1.807, 2.05) is 0 Å². The molecule has 0 spiro atoms. The maximum absolute atomic E-state index is 12.8. The second kappa shape index (κ2) is 3.72. The third kappa shape index (κ3) is 2.40. The second-order valence-corrected chi connectivity index (χ2v) is 2.48. The predicted molar refractivity (Wildman–Crippen MR) is 41.9 cm³/mol. The molecule has 0 heterocycles. The molecule has 1 rings (SSSR count). The van der Waals surface area contributed by atoms with E-state index in [2.05, 4.69) is 4.65 Å². The average molecular weight is 188 g/mol. The van der Waals surface area contributed by atoms with Crippen LogP contribution in [0.5, 0.6) is 5.75 Å². The highest BCUT2D eigenvalue weighted by Crippen LogP contribution is 2.21. The van der Waals surface area contributed by atoms with Gasteiger partial charge < -0.3 is 14.7 Å². The van der Waals surface area contributed by atoms with Crippen LogP contribution in [0.1, 0.15) is 5.56 Å². The Morgan fingerprint density at radius 1 is 1.23 bits per heavy atom. The third-order valence-electron chi connectivity index (χ3n) is 1.45. The molecular weight excluding hydrogens is 181 g/mol. The van der Waals surface area contributed by atoms with Crippen molar-refractivity contribution in [2.24, 2.45) is 0 Å². The van der Waals surface area contributed by atoms with Gasteiger partial charge in [-0.3, -0.25) is 0 Å². The van der Waals surface area contributed by atoms with E-state index in [0.29, 0.717) is 6.07 Å². The number of halogens is 2. The number of rotatable bonds is 2. The number of hydrogen-bond acceptors (Lipinski definition) is 3. The first-order valence-electron chi connectivity index (χ1n) is 3.49. The molecule has 6 heteroatoms. The molecule has 0 radical (unpaired) electrons. The third-order valence-corrected chi connectivity index (χ3v) is 1.45. The normalized spacial score (nSPS) is 9.92. The Bertz CT molecular complexity index is 317. The van der Waals surface area contributed by atoms with Crippen LogP contribution in [0.15, 0.2) is 12.1 Å². The lowest BCUT2D eigenvalue weighted by Crippen LogP contribution is -2.21. The number of benzene rings is 1. The van der Waals surface area contributed by atoms with Crippen molar-refractivity contribution in [1.82, 2.24) is 0 Å². The lowest BCUT2D eigenvalue weighted by Gasteiger charge is -2.06. The van der Waals surface area contributed by atoms with Crippen LogP contribution in [0.3, 0.4) is 0 Å². The molecule has 0 amide bonds. The molecule has 0 unspecified atom stereocenters. The smallest absolute Gasteiger partial charge is 0.510 e. The summed E-state index contributed by atoms with van der Waals surface area (Å²) >= 11 is 0. The summed E-state index contributed by atoms with van der Waals surface area (Å²) < 4.78 is 29.7. The fraction of sp³-hybridized carbons (Fsp3) is 0.143. The molecule has 1 aromatic rings. The van der Waals surface area contributed by atoms with Crippen molar-refractivity contribution in [3.63, 3.8) is 0 Å². The lowest BCUT2D eigenvalue weighted by molar-refractivity contribution is 0.281. The predicted octanol–water partition coefficient (Wildman–Crippen LogP) is 0.622. The SMILES string of the molecule is Cc1cc(OB(O)O)c(F)cc1F. The van der Waals surface area contributed by atoms with Gasteiger partial charge in [-0.1, -0.05) is 0 Å². The Balaban J connectivity index is 3.01. The van der Waals surface area contributed by atoms with E-state index in [4.69, 9.17) is 10.0 Å². The van der Waals surface area contributed by atoms with E-state index in [1.54, 1.807) is 0 Å². The summed E-state index contributed by atoms with van der Waals surface area (Å²) in [4.78, 5) is 0. The minimum atomic E-state index is -2.11. The lowest BCUT2D eigenvalue weighted by atomic mass is 10.2. The summed E-state index contributed by atoms with van der Waals surface area (Å²) in [6, 6.07) is 1.66. The molecule has 13 heavy (non-hydrogen) atoms. The Labute approximate surface area is 73.8 Å². The molecule has 0 saturated heterocycles. The van der Waals surface area contributed by atoms with Gasteiger partial charge in [-0.2, -0.15) is 0 Å². The zero-order valence-corrected chi connectivity index (χ0v) is 6.79. The molecule has 0 fully saturated rings. The van der Waals surface area contributed by atoms with E-state index in [-0.39, 0.29) is 5.56 Å². The first kappa shape index (κ1) is 9.95. The van der Waals surface area contributed by atoms with E-state index >= 15 is 0 Å². The Kier molecular flexibility index (Phi) is 2.85. The van der Waals surface area contributed by atoms with E-state index < -0.39 is 24.7 Å². The Hall–Kier alpha value is -1.14. The van der Waals surface area contributed by atoms with Crippen LogP contribution in [-0.4, -0.2) is 17.4 Å². The molecule has 0 aliphatic heterocycles. The molecule has 0 aromatic heterocycles. The van der Waals surface area contributed by atoms with Crippen molar-refractivity contribution in [3.05, 3.63) is 29.3 Å². The van der Waals surface area contributed by atoms with Crippen LogP contribution in [-0.2, 0) is 0 Å². The zero-order valence-electron chi connectivity index (χ0n) is 6.79. The van der Waals surface area contributed by atoms with Crippen molar-refractivity contribution in [1.29, 1.82) is 0 Å². The van der Waals surface area contributed by atoms with Gasteiger partial charge in [0.1, 0.15) is 11.6 Å². The van der Waals surface area contributed by atoms with Gasteiger partial charge in [-0.05, 0) is 18.6 Å². The monoisotopic (exact) mass is 188 g/mol. The molecule has 1 aromatic carbocycles. The Morgan fingerprint density at radius 3 is 2.38 bits per heavy atom. The highest BCUT2D eigenvalue weighted by atomic mass is 19.1. The van der Waals surface area contributed by atoms with Crippen LogP contribution in [0.25, 0.3) is 0 Å². The van der Waals surface area contributed by atoms with Crippen molar-refractivity contribution in [2.75, 3.05) is 0 Å². The summed E-state index contributed by atoms with van der Waals surface area (Å²) in [6.07, 6.45) is 0. The second-order valence-electron chi connectivity index (χ2n) is 2.48. The van der Waals surface area contributed by atoms with Gasteiger partial charge in [0, 0.05) is 6.07 Å². The van der Waals surface area contributed by atoms with Crippen LogP contribution >= 0.6 is 0 Å². The van der Waals surface area contributed by atoms with Crippen molar-refractivity contribution < 1.29 is 23.5 Å². The van der Waals surface area contributed by atoms with Crippen LogP contribution in [0, 0.1) is 18.6 Å². The summed E-state index contributed by atoms with van der Waals surface area (Å²) in [5.74, 6) is -2.08. The van der Waals surface area contributed by atoms with Gasteiger partial charge in [0.05, 0.1) is 0 Å². The van der Waals surface area contributed by atoms with Crippen LogP contribution in [0.2, 0.25) is 0 Å². The molecule has 70 valence electrons. The highest BCUT2D eigenvalue weighted by molar-refractivity contribution is 6.33. The van der Waals surface area contributed by atoms with E-state index in [1.165, 1.54) is 6.92 Å². The van der Waals surface area contributed by atoms with Crippen molar-refractivity contribution in [2.45, 2.75) is 6.92 Å². The molecular formula is C7H7BF2O3. The molecule has 0 aliphatic rings. The maximum atomic E-state index is 12.8. The van der Waals surface area contributed by atoms with E-state index in [0.717, 1.165) is 6.07 Å². The Morgan fingerprint density at radius 2 is 1.85 bits per heavy atom. The van der Waals surface area contributed by atoms with Gasteiger partial charge in [0.25, 0.3) is 0 Å². The van der Waals surface area contributed by atoms with E-state index in [9.17, 15) is 8.78 Å². The van der Waals surface area contributed by atoms with Gasteiger partial charge in [-0.15, -0.1) is 0 Å². The van der Waals surface area contributed by atoms with Gasteiger partial charge >= 0.3 is 7.32 Å². The standard InChI is InChI=1S/C7H7BF2O3/c1-4-2-7(13-8(11)12)6(10)3-5(4)9/h2-3,11-12H,1H3. The van der Waals surface area contributed by atoms with Gasteiger partial charge in [-0.25, -0.2) is 8.78 Å². The molecule has 2 N–H and O–H groups in total. The summed E-state index contributed by atoms with van der Waals surface area (Å²) in [6.45, 7) is 1.41. The molecule has 0 atom stereocenters. The minimum Gasteiger partial charge on any atom is -0.510 e. The molecule has 0 bridgehead atoms. The largest absolute Gasteiger partial charge is 0.707 e. The average Bonchev–Trinajstić information content (AvgIpc) is 1.99. The maximum Gasteiger partial charge on any atom is 0.707 e. The molecule has 3 nitrogen and oxygen atoms in total. The fourth-order valence-corrected chi connectivity index (χ4v) is 0.835. The quantitative estimate of drug-likeness (QED) is 0.668. The fourth-order valence-electron chi connectivity index (χ4n) is 0.835. The first-order chi connectivity index (χ1) is 6.00. The minimum absolute atomic E-state index is 0.164. The first-order valence-corrected chi connectivity index (χ1v) is 3.49. The molecule has 0 aliphatic carbocycles. The number of aryl methyl sites for hydroxylation is 1. The summed E-state index contributed by atoms with van der Waals surface area (Å²) in [7, 11) is -2.11. The zero-order chi connectivity index (χ0) is 10.0. The topological polar surface area (TPSA) is 49.7 Å². The van der Waals surface area contributed by atoms with Gasteiger partial charge in [0.15, 0.2) is 5.82 Å². The van der Waals surface area contributed by atoms with Crippen molar-refractivity contribution >= 4 is 7.32 Å². The summed E-state index contributed by atoms with van der Waals surface area (Å²) in [5.41, 5.74) is 0.164. The van der Waals surface area contributed by atoms with Crippen molar-refractivity contribution in [3.8, 4) is 5.75 Å². The van der Waals surface area contributed by atoms with Gasteiger partial charge in [0.2, 0.25) is 0 Å². The van der Waals surface area contributed by atoms with Crippen LogP contribution < -0.4 is 4.65 Å².